The number of aromatic nitrogens is 2. The fraction of sp³-hybridized carbons (Fsp3) is 0.600. The molecule has 1 aliphatic heterocycles. The SMILES string of the molecule is Cn1cc(C2CN(C(=O)O)CC[C@@H]2O)cn1. The Kier molecular flexibility index (Phi) is 2.82. The maximum atomic E-state index is 10.9. The number of aliphatic hydroxyl groups is 1. The van der Waals surface area contributed by atoms with E-state index in [1.807, 2.05) is 6.20 Å². The minimum Gasteiger partial charge on any atom is -0.465 e. The number of aliphatic hydroxyl groups excluding tert-OH is 1. The first-order valence-electron chi connectivity index (χ1n) is 5.22. The lowest BCUT2D eigenvalue weighted by Gasteiger charge is -2.34. The predicted molar refractivity (Wildman–Crippen MR) is 56.2 cm³/mol. The van der Waals surface area contributed by atoms with E-state index in [1.54, 1.807) is 17.9 Å². The van der Waals surface area contributed by atoms with Gasteiger partial charge in [-0.15, -0.1) is 0 Å². The third-order valence-electron chi connectivity index (χ3n) is 3.00. The zero-order valence-electron chi connectivity index (χ0n) is 9.08. The van der Waals surface area contributed by atoms with Crippen LogP contribution in [0.2, 0.25) is 0 Å². The van der Waals surface area contributed by atoms with Crippen LogP contribution in [0.1, 0.15) is 17.9 Å². The summed E-state index contributed by atoms with van der Waals surface area (Å²) in [6.45, 7) is 0.732. The van der Waals surface area contributed by atoms with Crippen molar-refractivity contribution >= 4 is 6.09 Å². The van der Waals surface area contributed by atoms with E-state index >= 15 is 0 Å². The highest BCUT2D eigenvalue weighted by Crippen LogP contribution is 2.26. The van der Waals surface area contributed by atoms with Crippen LogP contribution in [-0.4, -0.2) is 50.2 Å². The number of carbonyl (C=O) groups is 1. The number of likely N-dealkylation sites (tertiary alicyclic amines) is 1. The second-order valence-corrected chi connectivity index (χ2v) is 4.14. The highest BCUT2D eigenvalue weighted by atomic mass is 16.4. The van der Waals surface area contributed by atoms with Gasteiger partial charge in [0.05, 0.1) is 12.3 Å². The highest BCUT2D eigenvalue weighted by molar-refractivity contribution is 5.65. The lowest BCUT2D eigenvalue weighted by molar-refractivity contribution is 0.0586. The van der Waals surface area contributed by atoms with E-state index in [-0.39, 0.29) is 5.92 Å². The van der Waals surface area contributed by atoms with Crippen LogP contribution in [0.15, 0.2) is 12.4 Å². The first kappa shape index (κ1) is 10.9. The standard InChI is InChI=1S/C10H15N3O3/c1-12-5-7(4-11-12)8-6-13(10(15)16)3-2-9(8)14/h4-5,8-9,14H,2-3,6H2,1H3,(H,15,16)/t8?,9-/m0/s1. The molecule has 1 unspecified atom stereocenters. The summed E-state index contributed by atoms with van der Waals surface area (Å²) < 4.78 is 1.65. The van der Waals surface area contributed by atoms with Crippen molar-refractivity contribution in [1.29, 1.82) is 0 Å². The van der Waals surface area contributed by atoms with Gasteiger partial charge in [-0.1, -0.05) is 0 Å². The number of rotatable bonds is 1. The number of aryl methyl sites for hydroxylation is 1. The van der Waals surface area contributed by atoms with E-state index in [9.17, 15) is 9.90 Å². The first-order chi connectivity index (χ1) is 7.58. The zero-order valence-corrected chi connectivity index (χ0v) is 9.08. The summed E-state index contributed by atoms with van der Waals surface area (Å²) in [5.41, 5.74) is 0.890. The Labute approximate surface area is 93.1 Å². The van der Waals surface area contributed by atoms with E-state index in [1.165, 1.54) is 4.90 Å². The first-order valence-corrected chi connectivity index (χ1v) is 5.22. The molecular weight excluding hydrogens is 210 g/mol. The topological polar surface area (TPSA) is 78.6 Å². The highest BCUT2D eigenvalue weighted by Gasteiger charge is 2.31. The maximum Gasteiger partial charge on any atom is 0.407 e. The molecule has 2 heterocycles. The number of hydrogen-bond donors (Lipinski definition) is 2. The monoisotopic (exact) mass is 225 g/mol. The maximum absolute atomic E-state index is 10.9. The molecule has 0 bridgehead atoms. The summed E-state index contributed by atoms with van der Waals surface area (Å²) >= 11 is 0. The molecule has 1 fully saturated rings. The van der Waals surface area contributed by atoms with Gasteiger partial charge >= 0.3 is 6.09 Å². The quantitative estimate of drug-likeness (QED) is 0.718. The van der Waals surface area contributed by atoms with Crippen molar-refractivity contribution in [2.45, 2.75) is 18.4 Å². The largest absolute Gasteiger partial charge is 0.465 e. The van der Waals surface area contributed by atoms with E-state index < -0.39 is 12.2 Å². The van der Waals surface area contributed by atoms with Crippen molar-refractivity contribution < 1.29 is 15.0 Å². The molecule has 1 aromatic heterocycles. The predicted octanol–water partition coefficient (Wildman–Crippen LogP) is 0.248. The van der Waals surface area contributed by atoms with E-state index in [4.69, 9.17) is 5.11 Å². The van der Waals surface area contributed by atoms with Gasteiger partial charge in [0.2, 0.25) is 0 Å². The second-order valence-electron chi connectivity index (χ2n) is 4.14. The molecule has 0 saturated carbocycles. The minimum absolute atomic E-state index is 0.168. The van der Waals surface area contributed by atoms with Gasteiger partial charge in [0.1, 0.15) is 0 Å². The minimum atomic E-state index is -0.930. The lowest BCUT2D eigenvalue weighted by Crippen LogP contribution is -2.44. The van der Waals surface area contributed by atoms with Gasteiger partial charge in [-0.3, -0.25) is 4.68 Å². The molecule has 88 valence electrons. The number of amides is 1. The summed E-state index contributed by atoms with van der Waals surface area (Å²) in [5.74, 6) is -0.168. The number of carboxylic acid groups (broad SMARTS) is 1. The van der Waals surface area contributed by atoms with Gasteiger partial charge in [-0.25, -0.2) is 4.79 Å². The molecule has 0 aliphatic carbocycles. The second kappa shape index (κ2) is 4.13. The molecule has 1 aromatic rings. The van der Waals surface area contributed by atoms with Crippen molar-refractivity contribution in [3.05, 3.63) is 18.0 Å². The van der Waals surface area contributed by atoms with Crippen LogP contribution in [0.25, 0.3) is 0 Å². The van der Waals surface area contributed by atoms with Crippen molar-refractivity contribution in [2.75, 3.05) is 13.1 Å². The van der Waals surface area contributed by atoms with E-state index in [2.05, 4.69) is 5.10 Å². The van der Waals surface area contributed by atoms with Crippen molar-refractivity contribution in [3.8, 4) is 0 Å². The Morgan fingerprint density at radius 3 is 2.94 bits per heavy atom. The molecular formula is C10H15N3O3. The molecule has 1 saturated heterocycles. The Morgan fingerprint density at radius 1 is 1.62 bits per heavy atom. The average Bonchev–Trinajstić information content (AvgIpc) is 2.65. The van der Waals surface area contributed by atoms with Gasteiger partial charge < -0.3 is 15.1 Å². The molecule has 6 nitrogen and oxygen atoms in total. The summed E-state index contributed by atoms with van der Waals surface area (Å²) in [7, 11) is 1.80. The summed E-state index contributed by atoms with van der Waals surface area (Å²) in [6.07, 6.45) is 2.56. The van der Waals surface area contributed by atoms with Crippen molar-refractivity contribution in [1.82, 2.24) is 14.7 Å². The van der Waals surface area contributed by atoms with Crippen LogP contribution in [-0.2, 0) is 7.05 Å². The van der Waals surface area contributed by atoms with Gasteiger partial charge in [-0.2, -0.15) is 5.10 Å². The normalized spacial score (nSPS) is 25.8. The van der Waals surface area contributed by atoms with Crippen LogP contribution in [0.5, 0.6) is 0 Å². The number of piperidine rings is 1. The molecule has 0 aromatic carbocycles. The molecule has 1 amide bonds. The van der Waals surface area contributed by atoms with Crippen molar-refractivity contribution in [2.24, 2.45) is 7.05 Å². The van der Waals surface area contributed by atoms with E-state index in [0.717, 1.165) is 5.56 Å². The summed E-state index contributed by atoms with van der Waals surface area (Å²) in [4.78, 5) is 12.2. The molecule has 2 N–H and O–H groups in total. The van der Waals surface area contributed by atoms with Gasteiger partial charge in [0.25, 0.3) is 0 Å². The molecule has 0 spiro atoms. The van der Waals surface area contributed by atoms with Gasteiger partial charge in [0.15, 0.2) is 0 Å². The van der Waals surface area contributed by atoms with Crippen LogP contribution in [0, 0.1) is 0 Å². The third-order valence-corrected chi connectivity index (χ3v) is 3.00. The Balaban J connectivity index is 2.15. The van der Waals surface area contributed by atoms with Gasteiger partial charge in [-0.05, 0) is 12.0 Å². The molecule has 2 rings (SSSR count). The Bertz CT molecular complexity index is 390. The van der Waals surface area contributed by atoms with Gasteiger partial charge in [0, 0.05) is 32.3 Å². The smallest absolute Gasteiger partial charge is 0.407 e. The van der Waals surface area contributed by atoms with Crippen LogP contribution in [0.3, 0.4) is 0 Å². The Hall–Kier alpha value is -1.56. The lowest BCUT2D eigenvalue weighted by atomic mass is 9.90. The van der Waals surface area contributed by atoms with Crippen LogP contribution in [0.4, 0.5) is 4.79 Å². The van der Waals surface area contributed by atoms with Crippen LogP contribution >= 0.6 is 0 Å². The Morgan fingerprint density at radius 2 is 2.38 bits per heavy atom. The van der Waals surface area contributed by atoms with Crippen LogP contribution < -0.4 is 0 Å². The molecule has 0 radical (unpaired) electrons. The molecule has 2 atom stereocenters. The third kappa shape index (κ3) is 2.01. The zero-order chi connectivity index (χ0) is 11.7. The number of hydrogen-bond acceptors (Lipinski definition) is 3. The molecule has 16 heavy (non-hydrogen) atoms. The number of nitrogens with zero attached hydrogens (tertiary/aromatic N) is 3. The fourth-order valence-corrected chi connectivity index (χ4v) is 2.07. The van der Waals surface area contributed by atoms with Crippen molar-refractivity contribution in [3.63, 3.8) is 0 Å². The summed E-state index contributed by atoms with van der Waals surface area (Å²) in [6, 6.07) is 0. The van der Waals surface area contributed by atoms with E-state index in [0.29, 0.717) is 19.5 Å². The average molecular weight is 225 g/mol. The molecule has 6 heteroatoms. The molecule has 1 aliphatic rings. The summed E-state index contributed by atoms with van der Waals surface area (Å²) in [5, 5.41) is 22.8. The fourth-order valence-electron chi connectivity index (χ4n) is 2.07.